The van der Waals surface area contributed by atoms with E-state index in [1.807, 2.05) is 53.1 Å². The van der Waals surface area contributed by atoms with E-state index in [9.17, 15) is 0 Å². The monoisotopic (exact) mass is 373 g/mol. The molecular weight excluding hydrogens is 342 g/mol. The quantitative estimate of drug-likeness (QED) is 0.356. The molecule has 2 aromatic heterocycles. The zero-order valence-electron chi connectivity index (χ0n) is 17.8. The molecule has 0 aliphatic rings. The van der Waals surface area contributed by atoms with Crippen molar-refractivity contribution in [1.82, 2.24) is 9.97 Å². The average molecular weight is 374 g/mol. The number of fused-ring (bicyclic) bond motifs is 2. The van der Waals surface area contributed by atoms with E-state index in [1.54, 1.807) is 0 Å². The van der Waals surface area contributed by atoms with Gasteiger partial charge in [0.2, 0.25) is 0 Å². The van der Waals surface area contributed by atoms with E-state index >= 15 is 0 Å². The Kier molecular flexibility index (Phi) is 7.82. The summed E-state index contributed by atoms with van der Waals surface area (Å²) in [6, 6.07) is 16.7. The Morgan fingerprint density at radius 2 is 1.21 bits per heavy atom. The van der Waals surface area contributed by atoms with Gasteiger partial charge in [-0.3, -0.25) is 4.99 Å². The Morgan fingerprint density at radius 3 is 1.75 bits per heavy atom. The molecular formula is C25H31N3. The third-order valence-electron chi connectivity index (χ3n) is 4.47. The van der Waals surface area contributed by atoms with Crippen LogP contribution in [0.25, 0.3) is 27.4 Å². The highest BCUT2D eigenvalue weighted by molar-refractivity contribution is 6.19. The van der Waals surface area contributed by atoms with Crippen molar-refractivity contribution < 1.29 is 0 Å². The highest BCUT2D eigenvalue weighted by Crippen LogP contribution is 2.26. The molecule has 0 unspecified atom stereocenters. The summed E-state index contributed by atoms with van der Waals surface area (Å²) in [5.41, 5.74) is 6.81. The van der Waals surface area contributed by atoms with Crippen molar-refractivity contribution >= 4 is 33.1 Å². The lowest BCUT2D eigenvalue weighted by atomic mass is 10.0. The normalized spacial score (nSPS) is 11.6. The first-order chi connectivity index (χ1) is 13.8. The Balaban J connectivity index is 0.000000660. The molecule has 0 spiro atoms. The van der Waals surface area contributed by atoms with Crippen LogP contribution in [0.1, 0.15) is 45.7 Å². The van der Waals surface area contributed by atoms with Crippen molar-refractivity contribution in [3.8, 4) is 0 Å². The third-order valence-corrected chi connectivity index (χ3v) is 4.47. The number of aliphatic imine (C=N–C) groups is 1. The van der Waals surface area contributed by atoms with Crippen LogP contribution >= 0.6 is 0 Å². The second-order valence-electron chi connectivity index (χ2n) is 5.93. The van der Waals surface area contributed by atoms with Crippen LogP contribution in [0.3, 0.4) is 0 Å². The first-order valence-electron chi connectivity index (χ1n) is 10.1. The fourth-order valence-electron chi connectivity index (χ4n) is 3.23. The van der Waals surface area contributed by atoms with Gasteiger partial charge in [0.15, 0.2) is 0 Å². The van der Waals surface area contributed by atoms with E-state index < -0.39 is 0 Å². The number of benzene rings is 2. The van der Waals surface area contributed by atoms with Crippen molar-refractivity contribution in [2.24, 2.45) is 4.99 Å². The molecule has 2 aromatic carbocycles. The number of rotatable bonds is 3. The molecule has 0 aliphatic heterocycles. The molecule has 2 N–H and O–H groups in total. The maximum atomic E-state index is 4.52. The first-order valence-corrected chi connectivity index (χ1v) is 10.1. The average Bonchev–Trinajstić information content (AvgIpc) is 3.39. The van der Waals surface area contributed by atoms with Gasteiger partial charge in [0.1, 0.15) is 0 Å². The third kappa shape index (κ3) is 4.25. The number of H-pyrrole nitrogens is 2. The number of aromatic amines is 2. The fraction of sp³-hybridized carbons (Fsp3) is 0.240. The summed E-state index contributed by atoms with van der Waals surface area (Å²) < 4.78 is 0. The fourth-order valence-corrected chi connectivity index (χ4v) is 3.23. The van der Waals surface area contributed by atoms with Gasteiger partial charge in [-0.25, -0.2) is 0 Å². The minimum Gasteiger partial charge on any atom is -0.361 e. The van der Waals surface area contributed by atoms with Gasteiger partial charge in [-0.05, 0) is 30.7 Å². The minimum atomic E-state index is 0.982. The highest BCUT2D eigenvalue weighted by Gasteiger charge is 2.10. The van der Waals surface area contributed by atoms with E-state index in [4.69, 9.17) is 0 Å². The number of hydrogen-bond acceptors (Lipinski definition) is 1. The molecule has 0 saturated heterocycles. The second kappa shape index (κ2) is 10.3. The molecule has 0 aliphatic carbocycles. The van der Waals surface area contributed by atoms with Gasteiger partial charge < -0.3 is 9.97 Å². The maximum Gasteiger partial charge on any atom is 0.0667 e. The summed E-state index contributed by atoms with van der Waals surface area (Å²) >= 11 is 0. The molecule has 0 saturated carbocycles. The van der Waals surface area contributed by atoms with Crippen molar-refractivity contribution in [2.45, 2.75) is 34.6 Å². The molecule has 2 heterocycles. The van der Waals surface area contributed by atoms with Crippen LogP contribution in [0.4, 0.5) is 0 Å². The van der Waals surface area contributed by atoms with Crippen LogP contribution in [0.5, 0.6) is 0 Å². The molecule has 28 heavy (non-hydrogen) atoms. The molecule has 0 amide bonds. The van der Waals surface area contributed by atoms with E-state index in [2.05, 4.69) is 70.6 Å². The standard InChI is InChI=1S/C21H19N3.2C2H6/c1-14(17-12-23-19-9-5-3-7-15(17)19)11-21(22-2)18-13-24-20-10-6-4-8-16(18)20;2*1-2/h3-13,23-24H,1-2H3;2*1-2H3/b14-11+,22-21?;;. The molecule has 0 fully saturated rings. The van der Waals surface area contributed by atoms with E-state index in [0.29, 0.717) is 0 Å². The van der Waals surface area contributed by atoms with Gasteiger partial charge in [0.25, 0.3) is 0 Å². The van der Waals surface area contributed by atoms with E-state index in [1.165, 1.54) is 21.9 Å². The smallest absolute Gasteiger partial charge is 0.0667 e. The molecule has 0 bridgehead atoms. The zero-order chi connectivity index (χ0) is 20.5. The number of allylic oxidation sites excluding steroid dienone is 2. The van der Waals surface area contributed by atoms with Gasteiger partial charge in [-0.2, -0.15) is 0 Å². The topological polar surface area (TPSA) is 43.9 Å². The lowest BCUT2D eigenvalue weighted by Crippen LogP contribution is -1.96. The van der Waals surface area contributed by atoms with Gasteiger partial charge in [-0.1, -0.05) is 64.1 Å². The summed E-state index contributed by atoms with van der Waals surface area (Å²) in [5, 5.41) is 2.43. The number of nitrogens with one attached hydrogen (secondary N) is 2. The predicted molar refractivity (Wildman–Crippen MR) is 125 cm³/mol. The van der Waals surface area contributed by atoms with Crippen LogP contribution in [0, 0.1) is 0 Å². The highest BCUT2D eigenvalue weighted by atomic mass is 14.7. The molecule has 4 rings (SSSR count). The van der Waals surface area contributed by atoms with Gasteiger partial charge in [-0.15, -0.1) is 0 Å². The van der Waals surface area contributed by atoms with Crippen LogP contribution in [-0.4, -0.2) is 22.7 Å². The molecule has 3 heteroatoms. The van der Waals surface area contributed by atoms with E-state index in [0.717, 1.165) is 22.3 Å². The van der Waals surface area contributed by atoms with Crippen molar-refractivity contribution in [2.75, 3.05) is 7.05 Å². The van der Waals surface area contributed by atoms with Gasteiger partial charge in [0, 0.05) is 52.4 Å². The molecule has 4 aromatic rings. The van der Waals surface area contributed by atoms with Crippen LogP contribution in [-0.2, 0) is 0 Å². The number of aromatic nitrogens is 2. The summed E-state index contributed by atoms with van der Waals surface area (Å²) in [6.07, 6.45) is 6.26. The predicted octanol–water partition coefficient (Wildman–Crippen LogP) is 7.22. The van der Waals surface area contributed by atoms with Gasteiger partial charge in [0.05, 0.1) is 5.71 Å². The summed E-state index contributed by atoms with van der Waals surface area (Å²) in [5.74, 6) is 0. The summed E-state index contributed by atoms with van der Waals surface area (Å²) in [4.78, 5) is 11.2. The van der Waals surface area contributed by atoms with Crippen molar-refractivity contribution in [3.05, 3.63) is 78.1 Å². The molecule has 3 nitrogen and oxygen atoms in total. The number of hydrogen-bond donors (Lipinski definition) is 2. The lowest BCUT2D eigenvalue weighted by molar-refractivity contribution is 1.42. The Bertz CT molecular complexity index is 1080. The Hall–Kier alpha value is -3.07. The minimum absolute atomic E-state index is 0.982. The maximum absolute atomic E-state index is 4.52. The summed E-state index contributed by atoms with van der Waals surface area (Å²) in [6.45, 7) is 10.1. The number of nitrogens with zero attached hydrogens (tertiary/aromatic N) is 1. The first kappa shape index (κ1) is 21.2. The molecule has 146 valence electrons. The van der Waals surface area contributed by atoms with Crippen LogP contribution in [0.2, 0.25) is 0 Å². The van der Waals surface area contributed by atoms with Crippen molar-refractivity contribution in [1.29, 1.82) is 0 Å². The van der Waals surface area contributed by atoms with E-state index in [-0.39, 0.29) is 0 Å². The van der Waals surface area contributed by atoms with Crippen molar-refractivity contribution in [3.63, 3.8) is 0 Å². The lowest BCUT2D eigenvalue weighted by Gasteiger charge is -2.03. The Morgan fingerprint density at radius 1 is 0.750 bits per heavy atom. The van der Waals surface area contributed by atoms with Gasteiger partial charge >= 0.3 is 0 Å². The number of para-hydroxylation sites is 2. The molecule has 0 atom stereocenters. The largest absolute Gasteiger partial charge is 0.361 e. The Labute approximate surface area is 168 Å². The second-order valence-corrected chi connectivity index (χ2v) is 5.93. The SMILES string of the molecule is CC.CC.CN=C(/C=C(\C)c1c[nH]c2ccccc12)c1c[nH]c2ccccc12. The zero-order valence-corrected chi connectivity index (χ0v) is 17.8. The summed E-state index contributed by atoms with van der Waals surface area (Å²) in [7, 11) is 1.84. The van der Waals surface area contributed by atoms with Crippen LogP contribution in [0.15, 0.2) is 72.0 Å². The van der Waals surface area contributed by atoms with Crippen LogP contribution < -0.4 is 0 Å². The molecule has 0 radical (unpaired) electrons.